The highest BCUT2D eigenvalue weighted by molar-refractivity contribution is 5.93. The van der Waals surface area contributed by atoms with Gasteiger partial charge in [-0.2, -0.15) is 0 Å². The molecule has 0 bridgehead atoms. The Morgan fingerprint density at radius 2 is 1.94 bits per heavy atom. The van der Waals surface area contributed by atoms with Gasteiger partial charge in [0.15, 0.2) is 5.96 Å². The second kappa shape index (κ2) is 5.54. The van der Waals surface area contributed by atoms with Crippen molar-refractivity contribution in [3.8, 4) is 0 Å². The molecule has 0 amide bonds. The number of allylic oxidation sites excluding steroid dienone is 2. The molecule has 0 spiro atoms. The fraction of sp³-hybridized carbons (Fsp3) is 0.267. The highest BCUT2D eigenvalue weighted by Gasteiger charge is 2.13. The molecule has 0 saturated heterocycles. The topological polar surface area (TPSA) is 50.4 Å². The number of nitrogens with one attached hydrogen (secondary N) is 1. The van der Waals surface area contributed by atoms with Gasteiger partial charge in [-0.25, -0.2) is 4.99 Å². The second-order valence-electron chi connectivity index (χ2n) is 4.57. The van der Waals surface area contributed by atoms with E-state index in [1.54, 1.807) is 0 Å². The molecule has 3 nitrogen and oxygen atoms in total. The minimum absolute atomic E-state index is 0.117. The molecule has 1 aliphatic carbocycles. The maximum atomic E-state index is 5.95. The van der Waals surface area contributed by atoms with Crippen LogP contribution in [0.1, 0.15) is 12.5 Å². The Morgan fingerprint density at radius 1 is 1.22 bits per heavy atom. The summed E-state index contributed by atoms with van der Waals surface area (Å²) in [6.45, 7) is 4.18. The molecule has 2 unspecified atom stereocenters. The van der Waals surface area contributed by atoms with Gasteiger partial charge in [-0.1, -0.05) is 49.4 Å². The molecule has 1 aromatic rings. The zero-order valence-corrected chi connectivity index (χ0v) is 10.8. The third-order valence-electron chi connectivity index (χ3n) is 3.07. The summed E-state index contributed by atoms with van der Waals surface area (Å²) in [6.07, 6.45) is 8.25. The van der Waals surface area contributed by atoms with Crippen LogP contribution < -0.4 is 11.1 Å². The third-order valence-corrected chi connectivity index (χ3v) is 3.07. The number of benzene rings is 1. The highest BCUT2D eigenvalue weighted by atomic mass is 15.1. The van der Waals surface area contributed by atoms with E-state index in [1.165, 1.54) is 0 Å². The monoisotopic (exact) mass is 241 g/mol. The summed E-state index contributed by atoms with van der Waals surface area (Å²) in [5.74, 6) is 0.841. The Kier molecular flexibility index (Phi) is 3.82. The predicted octanol–water partition coefficient (Wildman–Crippen LogP) is 2.85. The molecule has 0 saturated carbocycles. The van der Waals surface area contributed by atoms with Gasteiger partial charge in [0.25, 0.3) is 0 Å². The molecule has 0 aliphatic heterocycles. The van der Waals surface area contributed by atoms with Crippen LogP contribution in [0.2, 0.25) is 0 Å². The molecule has 0 radical (unpaired) electrons. The number of nitrogens with zero attached hydrogens (tertiary/aromatic N) is 1. The van der Waals surface area contributed by atoms with E-state index >= 15 is 0 Å². The van der Waals surface area contributed by atoms with E-state index in [9.17, 15) is 0 Å². The standard InChI is InChI=1S/C15H19N3/c1-11-7-3-5-9-13(11)17-15(16)18-14-10-6-4-8-12(14)2/h3-11,13H,1-2H3,(H3,16,17,18). The number of aryl methyl sites for hydroxylation is 1. The SMILES string of the molecule is Cc1ccccc1NC(N)=NC1C=CC=CC1C. The van der Waals surface area contributed by atoms with Crippen molar-refractivity contribution in [1.82, 2.24) is 0 Å². The number of anilines is 1. The summed E-state index contributed by atoms with van der Waals surface area (Å²) in [4.78, 5) is 4.50. The minimum Gasteiger partial charge on any atom is -0.370 e. The number of hydrogen-bond donors (Lipinski definition) is 2. The molecule has 94 valence electrons. The molecule has 2 atom stereocenters. The lowest BCUT2D eigenvalue weighted by molar-refractivity contribution is 0.626. The maximum absolute atomic E-state index is 5.95. The second-order valence-corrected chi connectivity index (χ2v) is 4.57. The third kappa shape index (κ3) is 3.00. The van der Waals surface area contributed by atoms with E-state index in [0.717, 1.165) is 11.3 Å². The van der Waals surface area contributed by atoms with Crippen LogP contribution in [0.5, 0.6) is 0 Å². The van der Waals surface area contributed by atoms with Crippen molar-refractivity contribution < 1.29 is 0 Å². The first-order valence-electron chi connectivity index (χ1n) is 6.18. The molecule has 3 N–H and O–H groups in total. The molecule has 2 rings (SSSR count). The van der Waals surface area contributed by atoms with Crippen molar-refractivity contribution in [3.63, 3.8) is 0 Å². The molecule has 1 aliphatic rings. The van der Waals surface area contributed by atoms with Crippen LogP contribution >= 0.6 is 0 Å². The predicted molar refractivity (Wildman–Crippen MR) is 77.7 cm³/mol. The summed E-state index contributed by atoms with van der Waals surface area (Å²) < 4.78 is 0. The fourth-order valence-electron chi connectivity index (χ4n) is 1.91. The normalized spacial score (nSPS) is 23.1. The van der Waals surface area contributed by atoms with Crippen molar-refractivity contribution in [2.75, 3.05) is 5.32 Å². The maximum Gasteiger partial charge on any atom is 0.193 e. The van der Waals surface area contributed by atoms with Gasteiger partial charge >= 0.3 is 0 Å². The first-order valence-corrected chi connectivity index (χ1v) is 6.18. The molecule has 3 heteroatoms. The Balaban J connectivity index is 2.08. The van der Waals surface area contributed by atoms with Crippen molar-refractivity contribution in [1.29, 1.82) is 0 Å². The van der Waals surface area contributed by atoms with Gasteiger partial charge in [-0.3, -0.25) is 0 Å². The lowest BCUT2D eigenvalue weighted by Gasteiger charge is -2.17. The number of rotatable bonds is 2. The van der Waals surface area contributed by atoms with Crippen molar-refractivity contribution >= 4 is 11.6 Å². The van der Waals surface area contributed by atoms with Crippen LogP contribution in [0.15, 0.2) is 53.6 Å². The average Bonchev–Trinajstić information content (AvgIpc) is 2.35. The fourth-order valence-corrected chi connectivity index (χ4v) is 1.91. The van der Waals surface area contributed by atoms with Crippen LogP contribution in [0.4, 0.5) is 5.69 Å². The van der Waals surface area contributed by atoms with Crippen molar-refractivity contribution in [2.45, 2.75) is 19.9 Å². The van der Waals surface area contributed by atoms with E-state index in [1.807, 2.05) is 43.3 Å². The van der Waals surface area contributed by atoms with Gasteiger partial charge in [-0.15, -0.1) is 0 Å². The van der Waals surface area contributed by atoms with Crippen LogP contribution in [0.3, 0.4) is 0 Å². The number of nitrogens with two attached hydrogens (primary N) is 1. The quantitative estimate of drug-likeness (QED) is 0.618. The number of para-hydroxylation sites is 1. The largest absolute Gasteiger partial charge is 0.370 e. The smallest absolute Gasteiger partial charge is 0.193 e. The van der Waals surface area contributed by atoms with Crippen LogP contribution in [0, 0.1) is 12.8 Å². The number of hydrogen-bond acceptors (Lipinski definition) is 1. The van der Waals surface area contributed by atoms with Crippen LogP contribution in [0.25, 0.3) is 0 Å². The molecule has 18 heavy (non-hydrogen) atoms. The summed E-state index contributed by atoms with van der Waals surface area (Å²) in [5.41, 5.74) is 8.11. The van der Waals surface area contributed by atoms with Gasteiger partial charge in [0.2, 0.25) is 0 Å². The molecule has 0 aromatic heterocycles. The Bertz CT molecular complexity index is 500. The summed E-state index contributed by atoms with van der Waals surface area (Å²) in [6, 6.07) is 8.14. The van der Waals surface area contributed by atoms with Gasteiger partial charge in [-0.05, 0) is 18.6 Å². The van der Waals surface area contributed by atoms with Crippen LogP contribution in [-0.4, -0.2) is 12.0 Å². The van der Waals surface area contributed by atoms with E-state index in [4.69, 9.17) is 5.73 Å². The number of guanidine groups is 1. The van der Waals surface area contributed by atoms with Gasteiger partial charge in [0.1, 0.15) is 0 Å². The van der Waals surface area contributed by atoms with E-state index in [0.29, 0.717) is 11.9 Å². The van der Waals surface area contributed by atoms with E-state index < -0.39 is 0 Å². The minimum atomic E-state index is 0.117. The van der Waals surface area contributed by atoms with E-state index in [2.05, 4.69) is 29.4 Å². The summed E-state index contributed by atoms with van der Waals surface area (Å²) in [5, 5.41) is 3.15. The molecule has 1 aromatic carbocycles. The molecule has 0 heterocycles. The van der Waals surface area contributed by atoms with Gasteiger partial charge in [0.05, 0.1) is 6.04 Å². The Hall–Kier alpha value is -2.03. The molecular formula is C15H19N3. The lowest BCUT2D eigenvalue weighted by atomic mass is 9.98. The van der Waals surface area contributed by atoms with Crippen LogP contribution in [-0.2, 0) is 0 Å². The van der Waals surface area contributed by atoms with Crippen molar-refractivity contribution in [2.24, 2.45) is 16.6 Å². The Morgan fingerprint density at radius 3 is 2.67 bits per heavy atom. The van der Waals surface area contributed by atoms with E-state index in [-0.39, 0.29) is 6.04 Å². The zero-order valence-electron chi connectivity index (χ0n) is 10.8. The average molecular weight is 241 g/mol. The Labute approximate surface area is 108 Å². The first-order chi connectivity index (χ1) is 8.66. The molecule has 0 fully saturated rings. The van der Waals surface area contributed by atoms with Gasteiger partial charge in [0, 0.05) is 11.6 Å². The lowest BCUT2D eigenvalue weighted by Crippen LogP contribution is -2.27. The highest BCUT2D eigenvalue weighted by Crippen LogP contribution is 2.16. The molecular weight excluding hydrogens is 222 g/mol. The first kappa shape index (κ1) is 12.4. The zero-order chi connectivity index (χ0) is 13.0. The van der Waals surface area contributed by atoms with Gasteiger partial charge < -0.3 is 11.1 Å². The summed E-state index contributed by atoms with van der Waals surface area (Å²) in [7, 11) is 0. The number of aliphatic imine (C=N–C) groups is 1. The van der Waals surface area contributed by atoms with Crippen molar-refractivity contribution in [3.05, 3.63) is 54.1 Å². The summed E-state index contributed by atoms with van der Waals surface area (Å²) >= 11 is 0.